The molecule has 34 heavy (non-hydrogen) atoms. The molecule has 0 saturated carbocycles. The predicted molar refractivity (Wildman–Crippen MR) is 130 cm³/mol. The summed E-state index contributed by atoms with van der Waals surface area (Å²) in [6.07, 6.45) is 5.16. The van der Waals surface area contributed by atoms with Crippen LogP contribution in [0.5, 0.6) is 17.4 Å². The monoisotopic (exact) mass is 457 g/mol. The highest BCUT2D eigenvalue weighted by molar-refractivity contribution is 6.04. The molecule has 2 heterocycles. The van der Waals surface area contributed by atoms with Crippen molar-refractivity contribution in [1.29, 1.82) is 0 Å². The number of amides is 1. The lowest BCUT2D eigenvalue weighted by molar-refractivity contribution is 0.102. The number of aryl methyl sites for hydroxylation is 1. The molecule has 174 valence electrons. The van der Waals surface area contributed by atoms with E-state index in [9.17, 15) is 4.79 Å². The Labute approximate surface area is 198 Å². The number of carbonyl (C=O) groups excluding carboxylic acids is 1. The molecule has 0 radical (unpaired) electrons. The van der Waals surface area contributed by atoms with Gasteiger partial charge in [0, 0.05) is 23.5 Å². The molecule has 1 amide bonds. The van der Waals surface area contributed by atoms with Crippen molar-refractivity contribution in [3.8, 4) is 23.2 Å². The SMILES string of the molecule is CCCCCOc1ccc(C(=O)Nc2ccc(Oc3ccc(-n4ccc(C)n4)nn3)cc2)cc1. The highest BCUT2D eigenvalue weighted by Gasteiger charge is 2.08. The van der Waals surface area contributed by atoms with Crippen LogP contribution in [0.15, 0.2) is 72.9 Å². The Bertz CT molecular complexity index is 1200. The number of hydrogen-bond donors (Lipinski definition) is 1. The minimum Gasteiger partial charge on any atom is -0.494 e. The van der Waals surface area contributed by atoms with E-state index in [4.69, 9.17) is 9.47 Å². The van der Waals surface area contributed by atoms with E-state index in [-0.39, 0.29) is 5.91 Å². The van der Waals surface area contributed by atoms with Crippen molar-refractivity contribution in [2.75, 3.05) is 11.9 Å². The lowest BCUT2D eigenvalue weighted by Crippen LogP contribution is -2.11. The van der Waals surface area contributed by atoms with Crippen LogP contribution in [0.3, 0.4) is 0 Å². The van der Waals surface area contributed by atoms with E-state index in [1.165, 1.54) is 0 Å². The minimum absolute atomic E-state index is 0.193. The van der Waals surface area contributed by atoms with Gasteiger partial charge in [-0.25, -0.2) is 4.68 Å². The highest BCUT2D eigenvalue weighted by Crippen LogP contribution is 2.22. The Morgan fingerprint density at radius 3 is 2.32 bits per heavy atom. The summed E-state index contributed by atoms with van der Waals surface area (Å²) in [6, 6.07) is 19.6. The first kappa shape index (κ1) is 23.0. The summed E-state index contributed by atoms with van der Waals surface area (Å²) in [5, 5.41) is 15.4. The van der Waals surface area contributed by atoms with Gasteiger partial charge in [-0.05, 0) is 74.0 Å². The van der Waals surface area contributed by atoms with E-state index in [0.717, 1.165) is 30.7 Å². The molecule has 8 heteroatoms. The number of ether oxygens (including phenoxy) is 2. The number of benzene rings is 2. The topological polar surface area (TPSA) is 91.2 Å². The Morgan fingerprint density at radius 2 is 1.68 bits per heavy atom. The Balaban J connectivity index is 1.30. The van der Waals surface area contributed by atoms with Gasteiger partial charge >= 0.3 is 0 Å². The van der Waals surface area contributed by atoms with Crippen LogP contribution in [0, 0.1) is 6.92 Å². The van der Waals surface area contributed by atoms with Crippen LogP contribution in [-0.4, -0.2) is 32.5 Å². The first-order valence-electron chi connectivity index (χ1n) is 11.3. The minimum atomic E-state index is -0.193. The summed E-state index contributed by atoms with van der Waals surface area (Å²) in [7, 11) is 0. The van der Waals surface area contributed by atoms with Gasteiger partial charge in [-0.15, -0.1) is 10.2 Å². The van der Waals surface area contributed by atoms with E-state index < -0.39 is 0 Å². The standard InChI is InChI=1S/C26H27N5O3/c1-3-4-5-18-33-22-10-6-20(7-11-22)26(32)27-21-8-12-23(13-9-21)34-25-15-14-24(28-29-25)31-17-16-19(2)30-31/h6-17H,3-5,18H2,1-2H3,(H,27,32). The molecule has 0 aliphatic carbocycles. The summed E-state index contributed by atoms with van der Waals surface area (Å²) < 4.78 is 13.1. The van der Waals surface area contributed by atoms with Crippen molar-refractivity contribution < 1.29 is 14.3 Å². The zero-order chi connectivity index (χ0) is 23.8. The van der Waals surface area contributed by atoms with E-state index in [0.29, 0.717) is 35.3 Å². The molecule has 8 nitrogen and oxygen atoms in total. The molecular weight excluding hydrogens is 430 g/mol. The molecule has 0 spiro atoms. The average Bonchev–Trinajstić information content (AvgIpc) is 3.30. The normalized spacial score (nSPS) is 10.6. The molecule has 2 aromatic carbocycles. The smallest absolute Gasteiger partial charge is 0.255 e. The lowest BCUT2D eigenvalue weighted by Gasteiger charge is -2.09. The number of nitrogens with zero attached hydrogens (tertiary/aromatic N) is 4. The Kier molecular flexibility index (Phi) is 7.49. The maximum atomic E-state index is 12.5. The van der Waals surface area contributed by atoms with E-state index in [1.807, 2.05) is 31.3 Å². The summed E-state index contributed by atoms with van der Waals surface area (Å²) in [4.78, 5) is 12.5. The van der Waals surface area contributed by atoms with Crippen LogP contribution < -0.4 is 14.8 Å². The van der Waals surface area contributed by atoms with Gasteiger partial charge in [0.1, 0.15) is 11.5 Å². The molecule has 1 N–H and O–H groups in total. The van der Waals surface area contributed by atoms with E-state index in [2.05, 4.69) is 27.5 Å². The summed E-state index contributed by atoms with van der Waals surface area (Å²) in [5.74, 6) is 2.13. The summed E-state index contributed by atoms with van der Waals surface area (Å²) in [5.41, 5.74) is 2.12. The molecule has 0 saturated heterocycles. The molecule has 4 aromatic rings. The molecular formula is C26H27N5O3. The number of carbonyl (C=O) groups is 1. The van der Waals surface area contributed by atoms with E-state index >= 15 is 0 Å². The molecule has 0 aliphatic heterocycles. The van der Waals surface area contributed by atoms with Crippen molar-refractivity contribution in [2.24, 2.45) is 0 Å². The van der Waals surface area contributed by atoms with Crippen molar-refractivity contribution >= 4 is 11.6 Å². The van der Waals surface area contributed by atoms with Gasteiger partial charge in [0.25, 0.3) is 5.91 Å². The summed E-state index contributed by atoms with van der Waals surface area (Å²) >= 11 is 0. The second kappa shape index (κ2) is 11.1. The Morgan fingerprint density at radius 1 is 0.912 bits per heavy atom. The highest BCUT2D eigenvalue weighted by atomic mass is 16.5. The Hall–Kier alpha value is -4.20. The maximum absolute atomic E-state index is 12.5. The zero-order valence-corrected chi connectivity index (χ0v) is 19.3. The largest absolute Gasteiger partial charge is 0.494 e. The number of aromatic nitrogens is 4. The first-order valence-corrected chi connectivity index (χ1v) is 11.3. The number of anilines is 1. The quantitative estimate of drug-likeness (QED) is 0.312. The van der Waals surface area contributed by atoms with E-state index in [1.54, 1.807) is 53.2 Å². The van der Waals surface area contributed by atoms with Gasteiger partial charge in [0.05, 0.1) is 12.3 Å². The maximum Gasteiger partial charge on any atom is 0.255 e. The number of unbranched alkanes of at least 4 members (excludes halogenated alkanes) is 2. The lowest BCUT2D eigenvalue weighted by atomic mass is 10.2. The van der Waals surface area contributed by atoms with Crippen molar-refractivity contribution in [2.45, 2.75) is 33.1 Å². The van der Waals surface area contributed by atoms with Crippen molar-refractivity contribution in [3.63, 3.8) is 0 Å². The third kappa shape index (κ3) is 6.19. The van der Waals surface area contributed by atoms with Crippen molar-refractivity contribution in [3.05, 3.63) is 84.2 Å². The van der Waals surface area contributed by atoms with Gasteiger partial charge in [0.2, 0.25) is 5.88 Å². The van der Waals surface area contributed by atoms with Crippen LogP contribution in [0.2, 0.25) is 0 Å². The fourth-order valence-corrected chi connectivity index (χ4v) is 3.21. The zero-order valence-electron chi connectivity index (χ0n) is 19.3. The fourth-order valence-electron chi connectivity index (χ4n) is 3.21. The van der Waals surface area contributed by atoms with Gasteiger partial charge in [-0.2, -0.15) is 5.10 Å². The molecule has 4 rings (SSSR count). The molecule has 0 aliphatic rings. The van der Waals surface area contributed by atoms with Crippen LogP contribution in [0.25, 0.3) is 5.82 Å². The van der Waals surface area contributed by atoms with Gasteiger partial charge < -0.3 is 14.8 Å². The molecule has 0 atom stereocenters. The summed E-state index contributed by atoms with van der Waals surface area (Å²) in [6.45, 7) is 4.76. The first-order chi connectivity index (χ1) is 16.6. The van der Waals surface area contributed by atoms with Gasteiger partial charge in [-0.3, -0.25) is 4.79 Å². The predicted octanol–water partition coefficient (Wildman–Crippen LogP) is 5.58. The second-order valence-electron chi connectivity index (χ2n) is 7.79. The van der Waals surface area contributed by atoms with Crippen LogP contribution in [-0.2, 0) is 0 Å². The number of hydrogen-bond acceptors (Lipinski definition) is 6. The third-order valence-electron chi connectivity index (χ3n) is 5.05. The third-order valence-corrected chi connectivity index (χ3v) is 5.05. The molecule has 2 aromatic heterocycles. The van der Waals surface area contributed by atoms with Crippen LogP contribution in [0.4, 0.5) is 5.69 Å². The van der Waals surface area contributed by atoms with Crippen LogP contribution in [0.1, 0.15) is 42.2 Å². The van der Waals surface area contributed by atoms with Gasteiger partial charge in [-0.1, -0.05) is 19.8 Å². The number of nitrogens with one attached hydrogen (secondary N) is 1. The average molecular weight is 458 g/mol. The molecule has 0 fully saturated rings. The molecule has 0 bridgehead atoms. The second-order valence-corrected chi connectivity index (χ2v) is 7.79. The fraction of sp³-hybridized carbons (Fsp3) is 0.231. The van der Waals surface area contributed by atoms with Crippen LogP contribution >= 0.6 is 0 Å². The molecule has 0 unspecified atom stereocenters. The van der Waals surface area contributed by atoms with Gasteiger partial charge in [0.15, 0.2) is 5.82 Å². The number of rotatable bonds is 10. The van der Waals surface area contributed by atoms with Crippen molar-refractivity contribution in [1.82, 2.24) is 20.0 Å².